The van der Waals surface area contributed by atoms with E-state index >= 15 is 0 Å². The number of morpholine rings is 1. The van der Waals surface area contributed by atoms with Crippen LogP contribution in [0, 0.1) is 0 Å². The largest absolute Gasteiger partial charge is 0.493 e. The van der Waals surface area contributed by atoms with Gasteiger partial charge in [0.25, 0.3) is 0 Å². The average molecular weight is 608 g/mol. The molecule has 0 bridgehead atoms. The van der Waals surface area contributed by atoms with Gasteiger partial charge >= 0.3 is 0 Å². The van der Waals surface area contributed by atoms with Gasteiger partial charge in [-0.25, -0.2) is 8.42 Å². The first-order chi connectivity index (χ1) is 20.3. The van der Waals surface area contributed by atoms with Crippen molar-refractivity contribution >= 4 is 9.84 Å². The fourth-order valence-electron chi connectivity index (χ4n) is 5.28. The van der Waals surface area contributed by atoms with Crippen molar-refractivity contribution in [3.63, 3.8) is 0 Å². The standard InChI is InChI=1S/C31H45NO9S/c1-6-13-39-28-20-23(25-9-8-24(41-25)22-18-26(35-3)30(37-5)27(19-22)36-4)21-29(31(28)40-14-7-2)42(33,34)17-12-32-10-15-38-16-11-32/h18-21,24-25H,6-17H2,1-5H3. The molecule has 11 heteroatoms. The molecule has 2 saturated heterocycles. The van der Waals surface area contributed by atoms with Gasteiger partial charge < -0.3 is 33.2 Å². The summed E-state index contributed by atoms with van der Waals surface area (Å²) >= 11 is 0. The van der Waals surface area contributed by atoms with E-state index in [9.17, 15) is 8.42 Å². The van der Waals surface area contributed by atoms with E-state index < -0.39 is 9.84 Å². The van der Waals surface area contributed by atoms with Crippen LogP contribution in [0.3, 0.4) is 0 Å². The Morgan fingerprint density at radius 1 is 0.786 bits per heavy atom. The topological polar surface area (TPSA) is 102 Å². The molecule has 2 aliphatic rings. The van der Waals surface area contributed by atoms with Crippen molar-refractivity contribution in [1.82, 2.24) is 4.90 Å². The molecule has 2 fully saturated rings. The van der Waals surface area contributed by atoms with Crippen LogP contribution in [0.1, 0.15) is 62.9 Å². The summed E-state index contributed by atoms with van der Waals surface area (Å²) in [6.07, 6.45) is 2.40. The quantitative estimate of drug-likeness (QED) is 0.275. The molecule has 2 aromatic rings. The van der Waals surface area contributed by atoms with Gasteiger partial charge in [-0.3, -0.25) is 4.90 Å². The Kier molecular flexibility index (Phi) is 11.6. The number of sulfone groups is 1. The summed E-state index contributed by atoms with van der Waals surface area (Å²) in [4.78, 5) is 2.28. The SMILES string of the molecule is CCCOc1cc(C2CCC(c3cc(OC)c(OC)c(OC)c3)O2)cc(S(=O)(=O)CCN2CCOCC2)c1OCCC. The number of rotatable bonds is 15. The molecule has 234 valence electrons. The second-order valence-electron chi connectivity index (χ2n) is 10.5. The van der Waals surface area contributed by atoms with Crippen LogP contribution in [-0.4, -0.2) is 86.5 Å². The number of nitrogens with zero attached hydrogens (tertiary/aromatic N) is 1. The minimum atomic E-state index is -3.70. The predicted molar refractivity (Wildman–Crippen MR) is 159 cm³/mol. The number of hydrogen-bond donors (Lipinski definition) is 0. The van der Waals surface area contributed by atoms with Crippen LogP contribution in [-0.2, 0) is 19.3 Å². The van der Waals surface area contributed by atoms with Crippen molar-refractivity contribution in [2.45, 2.75) is 56.6 Å². The van der Waals surface area contributed by atoms with Gasteiger partial charge in [0.05, 0.1) is 65.7 Å². The van der Waals surface area contributed by atoms with Crippen molar-refractivity contribution < 1.29 is 41.6 Å². The van der Waals surface area contributed by atoms with E-state index in [1.54, 1.807) is 27.4 Å². The summed E-state index contributed by atoms with van der Waals surface area (Å²) < 4.78 is 68.4. The third-order valence-corrected chi connectivity index (χ3v) is 9.21. The van der Waals surface area contributed by atoms with Crippen molar-refractivity contribution in [1.29, 1.82) is 0 Å². The van der Waals surface area contributed by atoms with E-state index in [0.717, 1.165) is 43.5 Å². The molecule has 2 heterocycles. The number of hydrogen-bond acceptors (Lipinski definition) is 10. The first-order valence-corrected chi connectivity index (χ1v) is 16.4. The molecule has 0 radical (unpaired) electrons. The molecule has 0 amide bonds. The van der Waals surface area contributed by atoms with Crippen LogP contribution in [0.25, 0.3) is 0 Å². The van der Waals surface area contributed by atoms with Gasteiger partial charge in [0.15, 0.2) is 32.8 Å². The van der Waals surface area contributed by atoms with Gasteiger partial charge in [-0.15, -0.1) is 0 Å². The molecule has 42 heavy (non-hydrogen) atoms. The normalized spacial score (nSPS) is 19.5. The highest BCUT2D eigenvalue weighted by Crippen LogP contribution is 2.48. The zero-order valence-corrected chi connectivity index (χ0v) is 26.3. The lowest BCUT2D eigenvalue weighted by Crippen LogP contribution is -2.39. The summed E-state index contributed by atoms with van der Waals surface area (Å²) in [7, 11) is 1.04. The van der Waals surface area contributed by atoms with E-state index in [2.05, 4.69) is 4.90 Å². The molecule has 2 aromatic carbocycles. The second kappa shape index (κ2) is 15.1. The minimum Gasteiger partial charge on any atom is -0.493 e. The van der Waals surface area contributed by atoms with Crippen LogP contribution >= 0.6 is 0 Å². The van der Waals surface area contributed by atoms with Gasteiger partial charge in [-0.2, -0.15) is 0 Å². The maximum Gasteiger partial charge on any atom is 0.203 e. The van der Waals surface area contributed by atoms with E-state index in [-0.39, 0.29) is 28.6 Å². The molecule has 2 aliphatic heterocycles. The van der Waals surface area contributed by atoms with Gasteiger partial charge in [-0.05, 0) is 61.1 Å². The van der Waals surface area contributed by atoms with Crippen molar-refractivity contribution in [3.05, 3.63) is 35.4 Å². The average Bonchev–Trinajstić information content (AvgIpc) is 3.52. The molecule has 4 rings (SSSR count). The number of methoxy groups -OCH3 is 3. The van der Waals surface area contributed by atoms with Crippen molar-refractivity contribution in [3.8, 4) is 28.7 Å². The molecule has 0 aromatic heterocycles. The summed E-state index contributed by atoms with van der Waals surface area (Å²) in [5.74, 6) is 2.33. The van der Waals surface area contributed by atoms with Gasteiger partial charge in [-0.1, -0.05) is 13.8 Å². The maximum absolute atomic E-state index is 13.9. The monoisotopic (exact) mass is 607 g/mol. The summed E-state index contributed by atoms with van der Waals surface area (Å²) in [5, 5.41) is 0. The first kappa shape index (κ1) is 32.2. The lowest BCUT2D eigenvalue weighted by molar-refractivity contribution is 0.0408. The van der Waals surface area contributed by atoms with Gasteiger partial charge in [0, 0.05) is 19.6 Å². The highest BCUT2D eigenvalue weighted by Gasteiger charge is 2.33. The second-order valence-corrected chi connectivity index (χ2v) is 12.5. The Balaban J connectivity index is 1.66. The molecular weight excluding hydrogens is 562 g/mol. The molecule has 0 spiro atoms. The van der Waals surface area contributed by atoms with E-state index in [4.69, 9.17) is 33.2 Å². The van der Waals surface area contributed by atoms with E-state index in [1.165, 1.54) is 0 Å². The molecule has 10 nitrogen and oxygen atoms in total. The Bertz CT molecular complexity index is 1250. The Morgan fingerprint density at radius 2 is 1.36 bits per heavy atom. The van der Waals surface area contributed by atoms with Crippen LogP contribution in [0.15, 0.2) is 29.2 Å². The number of benzene rings is 2. The molecule has 0 saturated carbocycles. The molecule has 2 unspecified atom stereocenters. The minimum absolute atomic E-state index is 0.0221. The maximum atomic E-state index is 13.9. The Hall–Kier alpha value is -2.73. The van der Waals surface area contributed by atoms with Crippen LogP contribution < -0.4 is 23.7 Å². The van der Waals surface area contributed by atoms with E-state index in [1.807, 2.05) is 32.0 Å². The van der Waals surface area contributed by atoms with E-state index in [0.29, 0.717) is 62.4 Å². The van der Waals surface area contributed by atoms with Crippen molar-refractivity contribution in [2.24, 2.45) is 0 Å². The molecular formula is C31H45NO9S. The molecule has 0 N–H and O–H groups in total. The fraction of sp³-hybridized carbons (Fsp3) is 0.613. The van der Waals surface area contributed by atoms with Crippen molar-refractivity contribution in [2.75, 3.05) is 73.1 Å². The Labute approximate surface area is 250 Å². The highest BCUT2D eigenvalue weighted by atomic mass is 32.2. The van der Waals surface area contributed by atoms with Crippen LogP contribution in [0.4, 0.5) is 0 Å². The first-order valence-electron chi connectivity index (χ1n) is 14.8. The third-order valence-electron chi connectivity index (χ3n) is 7.52. The lowest BCUT2D eigenvalue weighted by atomic mass is 10.0. The zero-order chi connectivity index (χ0) is 30.1. The van der Waals surface area contributed by atoms with Gasteiger partial charge in [0.2, 0.25) is 5.75 Å². The smallest absolute Gasteiger partial charge is 0.203 e. The summed E-state index contributed by atoms with van der Waals surface area (Å²) in [5.41, 5.74) is 1.65. The lowest BCUT2D eigenvalue weighted by Gasteiger charge is -2.26. The fourth-order valence-corrected chi connectivity index (χ4v) is 6.75. The molecule has 0 aliphatic carbocycles. The zero-order valence-electron chi connectivity index (χ0n) is 25.5. The summed E-state index contributed by atoms with van der Waals surface area (Å²) in [6, 6.07) is 7.39. The van der Waals surface area contributed by atoms with Crippen LogP contribution in [0.5, 0.6) is 28.7 Å². The van der Waals surface area contributed by atoms with Gasteiger partial charge in [0.1, 0.15) is 4.90 Å². The number of ether oxygens (including phenoxy) is 7. The Morgan fingerprint density at radius 3 is 1.93 bits per heavy atom. The third kappa shape index (κ3) is 7.61. The predicted octanol–water partition coefficient (Wildman–Crippen LogP) is 4.99. The molecule has 2 atom stereocenters. The summed E-state index contributed by atoms with van der Waals surface area (Å²) in [6.45, 7) is 7.92. The van der Waals surface area contributed by atoms with Crippen LogP contribution in [0.2, 0.25) is 0 Å². The highest BCUT2D eigenvalue weighted by molar-refractivity contribution is 7.91.